The van der Waals surface area contributed by atoms with E-state index in [1.54, 1.807) is 5.56 Å². The van der Waals surface area contributed by atoms with Crippen LogP contribution in [0.15, 0.2) is 200 Å². The third kappa shape index (κ3) is 9.23. The van der Waals surface area contributed by atoms with E-state index in [9.17, 15) is 0 Å². The van der Waals surface area contributed by atoms with Gasteiger partial charge < -0.3 is 0 Å². The lowest BCUT2D eigenvalue weighted by Crippen LogP contribution is -2.25. The van der Waals surface area contributed by atoms with Crippen molar-refractivity contribution >= 4 is 16.3 Å². The molecule has 0 aliphatic heterocycles. The third-order valence-corrected chi connectivity index (χ3v) is 14.4. The number of hydrogen-bond acceptors (Lipinski definition) is 0. The molecule has 8 aromatic carbocycles. The highest BCUT2D eigenvalue weighted by Crippen LogP contribution is 2.54. The van der Waals surface area contributed by atoms with Crippen LogP contribution < -0.4 is 0 Å². The van der Waals surface area contributed by atoms with Gasteiger partial charge in [0, 0.05) is 5.92 Å². The minimum atomic E-state index is 0.191. The van der Waals surface area contributed by atoms with E-state index in [2.05, 4.69) is 242 Å². The van der Waals surface area contributed by atoms with Gasteiger partial charge in [0.25, 0.3) is 0 Å². The predicted octanol–water partition coefficient (Wildman–Crippen LogP) is 18.0. The summed E-state index contributed by atoms with van der Waals surface area (Å²) in [5, 5.41) is 2.63. The van der Waals surface area contributed by atoms with Gasteiger partial charge in [0.15, 0.2) is 0 Å². The molecular formula is C65H64. The van der Waals surface area contributed by atoms with Crippen molar-refractivity contribution in [2.45, 2.75) is 90.9 Å². The Morgan fingerprint density at radius 1 is 0.538 bits per heavy atom. The van der Waals surface area contributed by atoms with Crippen molar-refractivity contribution in [3.8, 4) is 33.4 Å². The first-order chi connectivity index (χ1) is 31.7. The van der Waals surface area contributed by atoms with Crippen LogP contribution in [0.2, 0.25) is 0 Å². The molecule has 3 aliphatic carbocycles. The van der Waals surface area contributed by atoms with Crippen LogP contribution in [0.5, 0.6) is 0 Å². The van der Waals surface area contributed by atoms with Crippen molar-refractivity contribution in [1.82, 2.24) is 0 Å². The van der Waals surface area contributed by atoms with E-state index in [1.165, 1.54) is 114 Å². The lowest BCUT2D eigenvalue weighted by molar-refractivity contribution is 0.395. The molecule has 0 heteroatoms. The molecule has 1 fully saturated rings. The molecule has 0 nitrogen and oxygen atoms in total. The Kier molecular flexibility index (Phi) is 13.0. The van der Waals surface area contributed by atoms with Gasteiger partial charge in [-0.1, -0.05) is 245 Å². The summed E-state index contributed by atoms with van der Waals surface area (Å²) >= 11 is 0. The van der Waals surface area contributed by atoms with E-state index in [1.807, 2.05) is 0 Å². The second-order valence-electron chi connectivity index (χ2n) is 19.3. The molecule has 0 spiro atoms. The topological polar surface area (TPSA) is 0 Å². The van der Waals surface area contributed by atoms with Crippen LogP contribution in [0, 0.1) is 26.7 Å². The second-order valence-corrected chi connectivity index (χ2v) is 19.3. The van der Waals surface area contributed by atoms with E-state index in [0.717, 1.165) is 6.42 Å². The van der Waals surface area contributed by atoms with Crippen LogP contribution in [0.25, 0.3) is 49.7 Å². The fraction of sp³-hybridized carbons (Fsp3) is 0.231. The Labute approximate surface area is 389 Å². The van der Waals surface area contributed by atoms with Crippen LogP contribution in [0.4, 0.5) is 0 Å². The van der Waals surface area contributed by atoms with Gasteiger partial charge in [0.1, 0.15) is 0 Å². The molecule has 8 aromatic rings. The minimum Gasteiger partial charge on any atom is -0.0758 e. The monoisotopic (exact) mass is 845 g/mol. The molecule has 11 rings (SSSR count). The largest absolute Gasteiger partial charge is 0.0758 e. The van der Waals surface area contributed by atoms with Gasteiger partial charge in [-0.15, -0.1) is 0 Å². The molecule has 2 unspecified atom stereocenters. The van der Waals surface area contributed by atoms with Gasteiger partial charge in [-0.25, -0.2) is 0 Å². The molecule has 1 saturated carbocycles. The Morgan fingerprint density at radius 2 is 1.15 bits per heavy atom. The van der Waals surface area contributed by atoms with Crippen LogP contribution >= 0.6 is 0 Å². The zero-order valence-corrected chi connectivity index (χ0v) is 39.3. The Balaban J connectivity index is 0.000000124. The smallest absolute Gasteiger partial charge is 0.00957 e. The van der Waals surface area contributed by atoms with Crippen LogP contribution in [-0.4, -0.2) is 0 Å². The molecule has 0 heterocycles. The van der Waals surface area contributed by atoms with E-state index >= 15 is 0 Å². The molecule has 324 valence electrons. The van der Waals surface area contributed by atoms with Gasteiger partial charge in [-0.05, 0) is 140 Å². The van der Waals surface area contributed by atoms with E-state index in [-0.39, 0.29) is 5.41 Å². The van der Waals surface area contributed by atoms with Crippen molar-refractivity contribution in [2.24, 2.45) is 5.92 Å². The van der Waals surface area contributed by atoms with E-state index < -0.39 is 0 Å². The van der Waals surface area contributed by atoms with Gasteiger partial charge >= 0.3 is 0 Å². The standard InChI is InChI=1S/C24H24.C22H22.C19H18/c1-17-13-15-19(16-14-17)22-11-6-12-23(24(22)20-8-5-9-20)21-10-4-3-7-18(21)2;1-15-9-11-18-19-12-10-17(16-7-5-4-6-8-16)14-21(19)22(2,3)20(18)13-15;1-2-6-15-11-13-17(14-12-15)19-10-5-8-16-7-3-4-9-18(16)19/h3-4,6-7,10-16,20H,5,8-9H2,1-2H3;4-14,19,21H,1-3H3;3-5,7-14H,2,6H2,1H3. The number of aryl methyl sites for hydroxylation is 4. The van der Waals surface area contributed by atoms with Crippen LogP contribution in [-0.2, 0) is 11.8 Å². The molecule has 0 amide bonds. The highest BCUT2D eigenvalue weighted by atomic mass is 14.5. The fourth-order valence-corrected chi connectivity index (χ4v) is 10.6. The number of allylic oxidation sites excluding steroid dienone is 4. The average molecular weight is 845 g/mol. The molecule has 0 bridgehead atoms. The lowest BCUT2D eigenvalue weighted by Gasteiger charge is -2.31. The molecule has 0 radical (unpaired) electrons. The number of rotatable bonds is 7. The van der Waals surface area contributed by atoms with Gasteiger partial charge in [0.05, 0.1) is 0 Å². The number of hydrogen-bond donors (Lipinski definition) is 0. The zero-order valence-electron chi connectivity index (χ0n) is 39.3. The minimum absolute atomic E-state index is 0.191. The maximum Gasteiger partial charge on any atom is 0.00957 e. The van der Waals surface area contributed by atoms with Gasteiger partial charge in [-0.3, -0.25) is 0 Å². The number of fused-ring (bicyclic) bond motifs is 4. The van der Waals surface area contributed by atoms with Crippen molar-refractivity contribution in [1.29, 1.82) is 0 Å². The SMILES string of the molecule is CCCc1ccc(-c2cccc3ccccc23)cc1.Cc1ccc(-c2cccc(-c3ccccc3C)c2C2CCC2)cc1.Cc1ccc2c(c1)C(C)(C)C1C=C(c3ccccc3)C=CC21. The average Bonchev–Trinajstić information content (AvgIpc) is 3.54. The molecular weight excluding hydrogens is 781 g/mol. The van der Waals surface area contributed by atoms with Crippen molar-refractivity contribution in [3.05, 3.63) is 245 Å². The molecule has 0 aromatic heterocycles. The van der Waals surface area contributed by atoms with Gasteiger partial charge in [0.2, 0.25) is 0 Å². The summed E-state index contributed by atoms with van der Waals surface area (Å²) in [5.41, 5.74) is 21.1. The summed E-state index contributed by atoms with van der Waals surface area (Å²) in [5.74, 6) is 1.78. The van der Waals surface area contributed by atoms with Crippen molar-refractivity contribution in [3.63, 3.8) is 0 Å². The third-order valence-electron chi connectivity index (χ3n) is 14.4. The Hall–Kier alpha value is -6.50. The number of benzene rings is 8. The molecule has 0 N–H and O–H groups in total. The summed E-state index contributed by atoms with van der Waals surface area (Å²) in [4.78, 5) is 0. The lowest BCUT2D eigenvalue weighted by atomic mass is 9.73. The summed E-state index contributed by atoms with van der Waals surface area (Å²) in [6, 6.07) is 66.4. The summed E-state index contributed by atoms with van der Waals surface area (Å²) < 4.78 is 0. The summed E-state index contributed by atoms with van der Waals surface area (Å²) in [7, 11) is 0. The first kappa shape index (κ1) is 43.7. The highest BCUT2D eigenvalue weighted by molar-refractivity contribution is 5.96. The Bertz CT molecular complexity index is 2950. The second kappa shape index (κ2) is 19.3. The Morgan fingerprint density at radius 3 is 1.89 bits per heavy atom. The zero-order chi connectivity index (χ0) is 44.9. The highest BCUT2D eigenvalue weighted by Gasteiger charge is 2.45. The maximum atomic E-state index is 2.50. The normalized spacial score (nSPS) is 16.8. The van der Waals surface area contributed by atoms with Crippen LogP contribution in [0.1, 0.15) is 103 Å². The van der Waals surface area contributed by atoms with Gasteiger partial charge in [-0.2, -0.15) is 0 Å². The summed E-state index contributed by atoms with van der Waals surface area (Å²) in [6.45, 7) is 13.6. The van der Waals surface area contributed by atoms with Crippen LogP contribution in [0.3, 0.4) is 0 Å². The molecule has 3 aliphatic rings. The molecule has 2 atom stereocenters. The maximum absolute atomic E-state index is 2.50. The van der Waals surface area contributed by atoms with Crippen molar-refractivity contribution < 1.29 is 0 Å². The fourth-order valence-electron chi connectivity index (χ4n) is 10.6. The molecule has 0 saturated heterocycles. The van der Waals surface area contributed by atoms with Crippen molar-refractivity contribution in [2.75, 3.05) is 0 Å². The predicted molar refractivity (Wildman–Crippen MR) is 281 cm³/mol. The first-order valence-corrected chi connectivity index (χ1v) is 24.1. The van der Waals surface area contributed by atoms with E-state index in [0.29, 0.717) is 17.8 Å². The molecule has 65 heavy (non-hydrogen) atoms. The summed E-state index contributed by atoms with van der Waals surface area (Å²) in [6.07, 6.45) is 13.6. The first-order valence-electron chi connectivity index (χ1n) is 24.1. The quantitative estimate of drug-likeness (QED) is 0.150. The van der Waals surface area contributed by atoms with E-state index in [4.69, 9.17) is 0 Å².